The predicted molar refractivity (Wildman–Crippen MR) is 200 cm³/mol. The first kappa shape index (κ1) is 44.7. The van der Waals surface area contributed by atoms with E-state index in [4.69, 9.17) is 28.4 Å². The zero-order chi connectivity index (χ0) is 41.0. The molecule has 0 unspecified atom stereocenters. The highest BCUT2D eigenvalue weighted by atomic mass is 16.8. The minimum absolute atomic E-state index is 0.0805. The van der Waals surface area contributed by atoms with Gasteiger partial charge in [0.1, 0.15) is 54.9 Å². The van der Waals surface area contributed by atoms with Crippen molar-refractivity contribution in [3.8, 4) is 0 Å². The standard InChI is InChI=1S/C41H70O15/c1-18(2)9-8-10-19(3)27-25(15-21-26-20(11-13-41(21,27)5)40(4)14-12-22(42)29(45)28(40)31(47)30(26)46)53-39-34(50)37(36(55-39)24(44)17-52-7)56-38-33(49)32(48)35(54-38)23(43)16-51-6/h18-20,22-25,27-39,42-50H,8-17H2,1-7H3/t19-,20+,22+,23-,24-,25-,27+,28-,29+,30-,31+,32-,33-,34-,35+,36+,37-,38+,39-,40-,41+/m1/s1. The average Bonchev–Trinajstić information content (AvgIpc) is 3.72. The Labute approximate surface area is 330 Å². The van der Waals surface area contributed by atoms with Crippen LogP contribution in [0.1, 0.15) is 86.0 Å². The zero-order valence-electron chi connectivity index (χ0n) is 34.1. The maximum Gasteiger partial charge on any atom is 0.187 e. The number of aliphatic hydroxyl groups excluding tert-OH is 9. The van der Waals surface area contributed by atoms with Crippen LogP contribution in [-0.4, -0.2) is 165 Å². The van der Waals surface area contributed by atoms with Crippen molar-refractivity contribution in [2.45, 2.75) is 178 Å². The van der Waals surface area contributed by atoms with Gasteiger partial charge < -0.3 is 74.4 Å². The SMILES string of the molecule is COC[C@@H](O)[C@@H]1O[C@@H](O[C@@H]2[C@@H](O)[C@H](O[C@@H]3CC4=C5[C@@H](O)[C@@H](O)[C@H]6[C@@H](O)[C@@H](O)CC[C@]6(C)[C@H]5CC[C@]4(C)[C@H]3[C@H](C)CCCC(C)C)O[C@H]2[C@H](O)COC)[C@H](O)[C@H]1O. The maximum absolute atomic E-state index is 11.9. The Morgan fingerprint density at radius 2 is 1.36 bits per heavy atom. The van der Waals surface area contributed by atoms with Gasteiger partial charge in [-0.15, -0.1) is 0 Å². The molecule has 15 nitrogen and oxygen atoms in total. The van der Waals surface area contributed by atoms with Crippen LogP contribution in [0.25, 0.3) is 0 Å². The summed E-state index contributed by atoms with van der Waals surface area (Å²) in [4.78, 5) is 0. The van der Waals surface area contributed by atoms with Crippen LogP contribution < -0.4 is 0 Å². The lowest BCUT2D eigenvalue weighted by atomic mass is 9.47. The van der Waals surface area contributed by atoms with Gasteiger partial charge in [-0.2, -0.15) is 0 Å². The number of ether oxygens (including phenoxy) is 6. The van der Waals surface area contributed by atoms with E-state index in [0.29, 0.717) is 25.2 Å². The number of fused-ring (bicyclic) bond motifs is 4. The van der Waals surface area contributed by atoms with Crippen LogP contribution in [-0.2, 0) is 28.4 Å². The molecule has 0 aromatic carbocycles. The quantitative estimate of drug-likeness (QED) is 0.102. The first-order valence-corrected chi connectivity index (χ1v) is 20.9. The molecule has 324 valence electrons. The van der Waals surface area contributed by atoms with Gasteiger partial charge in [0.15, 0.2) is 12.6 Å². The highest BCUT2D eigenvalue weighted by Crippen LogP contribution is 2.66. The second kappa shape index (κ2) is 17.6. The molecular weight excluding hydrogens is 732 g/mol. The summed E-state index contributed by atoms with van der Waals surface area (Å²) in [6.45, 7) is 10.6. The van der Waals surface area contributed by atoms with E-state index in [0.717, 1.165) is 43.3 Å². The number of methoxy groups -OCH3 is 2. The molecule has 6 rings (SSSR count). The summed E-state index contributed by atoms with van der Waals surface area (Å²) in [5.41, 5.74) is 0.851. The van der Waals surface area contributed by atoms with Gasteiger partial charge in [-0.05, 0) is 72.2 Å². The number of aliphatic hydroxyl groups is 9. The van der Waals surface area contributed by atoms with E-state index in [2.05, 4.69) is 34.6 Å². The van der Waals surface area contributed by atoms with Crippen LogP contribution in [0, 0.1) is 40.4 Å². The van der Waals surface area contributed by atoms with Crippen LogP contribution in [0.3, 0.4) is 0 Å². The van der Waals surface area contributed by atoms with Crippen molar-refractivity contribution >= 4 is 0 Å². The summed E-state index contributed by atoms with van der Waals surface area (Å²) in [5.74, 6) is -0.196. The Morgan fingerprint density at radius 3 is 2.00 bits per heavy atom. The number of hydrogen-bond acceptors (Lipinski definition) is 15. The fraction of sp³-hybridized carbons (Fsp3) is 0.951. The molecule has 2 heterocycles. The molecule has 4 aliphatic carbocycles. The van der Waals surface area contributed by atoms with E-state index in [-0.39, 0.29) is 31.0 Å². The largest absolute Gasteiger partial charge is 0.390 e. The van der Waals surface area contributed by atoms with Crippen molar-refractivity contribution in [3.63, 3.8) is 0 Å². The van der Waals surface area contributed by atoms with Crippen LogP contribution in [0.2, 0.25) is 0 Å². The van der Waals surface area contributed by atoms with Crippen molar-refractivity contribution in [1.82, 2.24) is 0 Å². The Morgan fingerprint density at radius 1 is 0.732 bits per heavy atom. The third kappa shape index (κ3) is 7.91. The lowest BCUT2D eigenvalue weighted by Gasteiger charge is -2.60. The molecule has 0 radical (unpaired) electrons. The summed E-state index contributed by atoms with van der Waals surface area (Å²) < 4.78 is 35.1. The van der Waals surface area contributed by atoms with Crippen LogP contribution in [0.5, 0.6) is 0 Å². The highest BCUT2D eigenvalue weighted by molar-refractivity contribution is 5.40. The second-order valence-corrected chi connectivity index (χ2v) is 18.8. The molecule has 21 atom stereocenters. The lowest BCUT2D eigenvalue weighted by molar-refractivity contribution is -0.226. The lowest BCUT2D eigenvalue weighted by Crippen LogP contribution is -2.63. The van der Waals surface area contributed by atoms with Gasteiger partial charge in [0.25, 0.3) is 0 Å². The van der Waals surface area contributed by atoms with E-state index in [9.17, 15) is 46.0 Å². The normalized spacial score (nSPS) is 48.2. The Bertz CT molecular complexity index is 1350. The molecule has 0 spiro atoms. The van der Waals surface area contributed by atoms with E-state index >= 15 is 0 Å². The van der Waals surface area contributed by atoms with E-state index in [1.165, 1.54) is 14.2 Å². The van der Waals surface area contributed by atoms with Crippen molar-refractivity contribution in [2.24, 2.45) is 40.4 Å². The summed E-state index contributed by atoms with van der Waals surface area (Å²) in [5, 5.41) is 100. The van der Waals surface area contributed by atoms with Crippen LogP contribution in [0.15, 0.2) is 11.1 Å². The molecule has 3 saturated carbocycles. The Hall–Kier alpha value is -0.860. The molecule has 56 heavy (non-hydrogen) atoms. The fourth-order valence-electron chi connectivity index (χ4n) is 12.0. The molecule has 0 aromatic rings. The average molecular weight is 803 g/mol. The number of rotatable bonds is 15. The van der Waals surface area contributed by atoms with E-state index < -0.39 is 109 Å². The topological polar surface area (TPSA) is 237 Å². The van der Waals surface area contributed by atoms with Crippen molar-refractivity contribution < 1.29 is 74.4 Å². The fourth-order valence-corrected chi connectivity index (χ4v) is 12.0. The molecule has 2 aliphatic heterocycles. The summed E-state index contributed by atoms with van der Waals surface area (Å²) in [6.07, 6.45) is -12.9. The van der Waals surface area contributed by atoms with Gasteiger partial charge in [0, 0.05) is 20.1 Å². The van der Waals surface area contributed by atoms with Crippen molar-refractivity contribution in [3.05, 3.63) is 11.1 Å². The molecule has 5 fully saturated rings. The minimum atomic E-state index is -1.60. The molecule has 9 N–H and O–H groups in total. The molecule has 0 bridgehead atoms. The smallest absolute Gasteiger partial charge is 0.187 e. The van der Waals surface area contributed by atoms with Gasteiger partial charge in [-0.3, -0.25) is 0 Å². The third-order valence-corrected chi connectivity index (χ3v) is 14.8. The Kier molecular flexibility index (Phi) is 14.1. The van der Waals surface area contributed by atoms with E-state index in [1.54, 1.807) is 0 Å². The maximum atomic E-state index is 11.9. The first-order chi connectivity index (χ1) is 26.4. The zero-order valence-corrected chi connectivity index (χ0v) is 34.1. The highest BCUT2D eigenvalue weighted by Gasteiger charge is 2.65. The van der Waals surface area contributed by atoms with Gasteiger partial charge in [0.05, 0.1) is 37.6 Å². The monoisotopic (exact) mass is 802 g/mol. The summed E-state index contributed by atoms with van der Waals surface area (Å²) >= 11 is 0. The molecule has 2 saturated heterocycles. The first-order valence-electron chi connectivity index (χ1n) is 20.9. The Balaban J connectivity index is 1.31. The molecule has 15 heteroatoms. The van der Waals surface area contributed by atoms with Gasteiger partial charge in [0.2, 0.25) is 0 Å². The van der Waals surface area contributed by atoms with Gasteiger partial charge in [-0.25, -0.2) is 0 Å². The second-order valence-electron chi connectivity index (χ2n) is 18.8. The molecule has 6 aliphatic rings. The summed E-state index contributed by atoms with van der Waals surface area (Å²) in [7, 11) is 2.78. The van der Waals surface area contributed by atoms with Gasteiger partial charge in [-0.1, -0.05) is 59.5 Å². The third-order valence-electron chi connectivity index (χ3n) is 14.8. The van der Waals surface area contributed by atoms with E-state index in [1.807, 2.05) is 0 Å². The van der Waals surface area contributed by atoms with Crippen molar-refractivity contribution in [1.29, 1.82) is 0 Å². The van der Waals surface area contributed by atoms with Crippen LogP contribution in [0.4, 0.5) is 0 Å². The molecule has 0 aromatic heterocycles. The summed E-state index contributed by atoms with van der Waals surface area (Å²) in [6, 6.07) is 0. The van der Waals surface area contributed by atoms with Gasteiger partial charge >= 0.3 is 0 Å². The molecule has 0 amide bonds. The molecular formula is C41H70O15. The van der Waals surface area contributed by atoms with Crippen LogP contribution >= 0.6 is 0 Å². The minimum Gasteiger partial charge on any atom is -0.390 e. The predicted octanol–water partition coefficient (Wildman–Crippen LogP) is 0.373. The van der Waals surface area contributed by atoms with Crippen molar-refractivity contribution in [2.75, 3.05) is 27.4 Å². The number of hydrogen-bond donors (Lipinski definition) is 9.